The summed E-state index contributed by atoms with van der Waals surface area (Å²) in [6.07, 6.45) is 0. The van der Waals surface area contributed by atoms with Crippen LogP contribution in [-0.4, -0.2) is 30.3 Å². The summed E-state index contributed by atoms with van der Waals surface area (Å²) in [6.45, 7) is 5.46. The first-order valence-corrected chi connectivity index (χ1v) is 8.25. The van der Waals surface area contributed by atoms with Crippen molar-refractivity contribution in [1.82, 2.24) is 4.90 Å². The highest BCUT2D eigenvalue weighted by molar-refractivity contribution is 6.33. The fourth-order valence-corrected chi connectivity index (χ4v) is 2.97. The Labute approximate surface area is 155 Å². The van der Waals surface area contributed by atoms with E-state index in [-0.39, 0.29) is 17.1 Å². The first kappa shape index (κ1) is 19.8. The van der Waals surface area contributed by atoms with Gasteiger partial charge in [0.15, 0.2) is 11.6 Å². The molecule has 2 aromatic rings. The second-order valence-corrected chi connectivity index (χ2v) is 6.64. The van der Waals surface area contributed by atoms with Crippen LogP contribution in [0.3, 0.4) is 0 Å². The average Bonchev–Trinajstić information content (AvgIpc) is 2.53. The van der Waals surface area contributed by atoms with Crippen molar-refractivity contribution in [1.29, 1.82) is 0 Å². The highest BCUT2D eigenvalue weighted by Gasteiger charge is 2.20. The van der Waals surface area contributed by atoms with Gasteiger partial charge in [0.2, 0.25) is 5.91 Å². The van der Waals surface area contributed by atoms with Gasteiger partial charge in [0.25, 0.3) is 5.91 Å². The molecule has 0 aliphatic carbocycles. The number of hydrogen-bond donors (Lipinski definition) is 1. The molecule has 0 aliphatic heterocycles. The third-order valence-corrected chi connectivity index (χ3v) is 4.22. The molecule has 0 aromatic heterocycles. The number of benzene rings is 2. The van der Waals surface area contributed by atoms with Gasteiger partial charge in [-0.15, -0.1) is 0 Å². The predicted octanol–water partition coefficient (Wildman–Crippen LogP) is 4.25. The molecule has 2 amide bonds. The number of amides is 2. The molecule has 0 atom stereocenters. The van der Waals surface area contributed by atoms with Crippen molar-refractivity contribution >= 4 is 29.1 Å². The summed E-state index contributed by atoms with van der Waals surface area (Å²) in [7, 11) is 1.38. The van der Waals surface area contributed by atoms with Gasteiger partial charge in [-0.05, 0) is 44.0 Å². The van der Waals surface area contributed by atoms with Gasteiger partial charge >= 0.3 is 0 Å². The van der Waals surface area contributed by atoms with Crippen LogP contribution < -0.4 is 5.32 Å². The zero-order chi connectivity index (χ0) is 19.6. The van der Waals surface area contributed by atoms with E-state index in [0.29, 0.717) is 5.69 Å². The highest BCUT2D eigenvalue weighted by atomic mass is 35.5. The smallest absolute Gasteiger partial charge is 0.255 e. The summed E-state index contributed by atoms with van der Waals surface area (Å²) in [5, 5.41) is 2.56. The number of carbonyl (C=O) groups excluding carboxylic acids is 2. The SMILES string of the molecule is Cc1cc(C)c(NC(=O)CN(C)C(=O)c2cc(F)c(F)cc2Cl)c(C)c1. The Hall–Kier alpha value is -2.47. The third kappa shape index (κ3) is 4.38. The minimum absolute atomic E-state index is 0.205. The minimum Gasteiger partial charge on any atom is -0.332 e. The Morgan fingerprint density at radius 1 is 1.04 bits per heavy atom. The molecular formula is C19H19ClF2N2O2. The Morgan fingerprint density at radius 2 is 1.58 bits per heavy atom. The van der Waals surface area contributed by atoms with Crippen LogP contribution in [0.5, 0.6) is 0 Å². The zero-order valence-corrected chi connectivity index (χ0v) is 15.7. The fourth-order valence-electron chi connectivity index (χ4n) is 2.74. The van der Waals surface area contributed by atoms with Crippen molar-refractivity contribution in [2.45, 2.75) is 20.8 Å². The molecule has 0 radical (unpaired) electrons. The van der Waals surface area contributed by atoms with Gasteiger partial charge in [-0.25, -0.2) is 8.78 Å². The Kier molecular flexibility index (Phi) is 5.97. The van der Waals surface area contributed by atoms with Crippen LogP contribution in [0, 0.1) is 32.4 Å². The van der Waals surface area contributed by atoms with Gasteiger partial charge in [0, 0.05) is 12.7 Å². The van der Waals surface area contributed by atoms with E-state index in [9.17, 15) is 18.4 Å². The lowest BCUT2D eigenvalue weighted by atomic mass is 10.1. The molecule has 0 heterocycles. The fraction of sp³-hybridized carbons (Fsp3) is 0.263. The van der Waals surface area contributed by atoms with E-state index in [1.807, 2.05) is 32.9 Å². The number of halogens is 3. The number of nitrogens with zero attached hydrogens (tertiary/aromatic N) is 1. The second-order valence-electron chi connectivity index (χ2n) is 6.23. The normalized spacial score (nSPS) is 10.6. The molecule has 0 saturated carbocycles. The van der Waals surface area contributed by atoms with Crippen molar-refractivity contribution in [3.05, 3.63) is 63.2 Å². The van der Waals surface area contributed by atoms with Gasteiger partial charge in [0.05, 0.1) is 17.1 Å². The van der Waals surface area contributed by atoms with Gasteiger partial charge < -0.3 is 10.2 Å². The molecule has 138 valence electrons. The first-order chi connectivity index (χ1) is 12.1. The summed E-state index contributed by atoms with van der Waals surface area (Å²) >= 11 is 5.81. The number of rotatable bonds is 4. The lowest BCUT2D eigenvalue weighted by Gasteiger charge is -2.19. The van der Waals surface area contributed by atoms with E-state index in [0.717, 1.165) is 33.7 Å². The van der Waals surface area contributed by atoms with Crippen LogP contribution in [0.15, 0.2) is 24.3 Å². The van der Waals surface area contributed by atoms with E-state index >= 15 is 0 Å². The first-order valence-electron chi connectivity index (χ1n) is 7.88. The molecule has 26 heavy (non-hydrogen) atoms. The maximum Gasteiger partial charge on any atom is 0.255 e. The van der Waals surface area contributed by atoms with Crippen molar-refractivity contribution in [3.63, 3.8) is 0 Å². The van der Waals surface area contributed by atoms with E-state index in [4.69, 9.17) is 11.6 Å². The van der Waals surface area contributed by atoms with Crippen molar-refractivity contribution in [3.8, 4) is 0 Å². The molecule has 0 spiro atoms. The minimum atomic E-state index is -1.18. The average molecular weight is 381 g/mol. The second kappa shape index (κ2) is 7.83. The predicted molar refractivity (Wildman–Crippen MR) is 97.6 cm³/mol. The van der Waals surface area contributed by atoms with E-state index in [1.54, 1.807) is 0 Å². The molecule has 7 heteroatoms. The maximum absolute atomic E-state index is 13.4. The van der Waals surface area contributed by atoms with E-state index in [1.165, 1.54) is 7.05 Å². The lowest BCUT2D eigenvalue weighted by Crippen LogP contribution is -2.35. The van der Waals surface area contributed by atoms with Gasteiger partial charge in [-0.2, -0.15) is 0 Å². The quantitative estimate of drug-likeness (QED) is 0.806. The monoisotopic (exact) mass is 380 g/mol. The number of carbonyl (C=O) groups is 2. The van der Waals surface area contributed by atoms with Gasteiger partial charge in [0.1, 0.15) is 0 Å². The summed E-state index contributed by atoms with van der Waals surface area (Å²) < 4.78 is 26.5. The maximum atomic E-state index is 13.4. The Morgan fingerprint density at radius 3 is 2.15 bits per heavy atom. The summed E-state index contributed by atoms with van der Waals surface area (Å²) in [6, 6.07) is 5.34. The summed E-state index contributed by atoms with van der Waals surface area (Å²) in [5.41, 5.74) is 3.39. The largest absolute Gasteiger partial charge is 0.332 e. The molecule has 0 fully saturated rings. The number of aryl methyl sites for hydroxylation is 3. The molecule has 2 aromatic carbocycles. The number of anilines is 1. The summed E-state index contributed by atoms with van der Waals surface area (Å²) in [4.78, 5) is 25.7. The van der Waals surface area contributed by atoms with Crippen molar-refractivity contribution in [2.75, 3.05) is 18.9 Å². The Balaban J connectivity index is 2.12. The number of likely N-dealkylation sites (N-methyl/N-ethyl adjacent to an activating group) is 1. The van der Waals surface area contributed by atoms with Gasteiger partial charge in [-0.3, -0.25) is 9.59 Å². The van der Waals surface area contributed by atoms with E-state index in [2.05, 4.69) is 5.32 Å². The Bertz CT molecular complexity index is 861. The zero-order valence-electron chi connectivity index (χ0n) is 14.9. The van der Waals surface area contributed by atoms with Crippen LogP contribution in [-0.2, 0) is 4.79 Å². The van der Waals surface area contributed by atoms with Crippen LogP contribution in [0.25, 0.3) is 0 Å². The van der Waals surface area contributed by atoms with Crippen molar-refractivity contribution < 1.29 is 18.4 Å². The number of hydrogen-bond acceptors (Lipinski definition) is 2. The van der Waals surface area contributed by atoms with Crippen LogP contribution in [0.1, 0.15) is 27.0 Å². The molecule has 4 nitrogen and oxygen atoms in total. The lowest BCUT2D eigenvalue weighted by molar-refractivity contribution is -0.116. The molecule has 2 rings (SSSR count). The summed E-state index contributed by atoms with van der Waals surface area (Å²) in [5.74, 6) is -3.41. The topological polar surface area (TPSA) is 49.4 Å². The molecule has 0 bridgehead atoms. The van der Waals surface area contributed by atoms with Crippen LogP contribution >= 0.6 is 11.6 Å². The highest BCUT2D eigenvalue weighted by Crippen LogP contribution is 2.23. The molecule has 0 aliphatic rings. The standard InChI is InChI=1S/C19H19ClF2N2O2/c1-10-5-11(2)18(12(3)6-10)23-17(25)9-24(4)19(26)13-7-15(21)16(22)8-14(13)20/h5-8H,9H2,1-4H3,(H,23,25). The number of nitrogens with one attached hydrogen (secondary N) is 1. The van der Waals surface area contributed by atoms with Gasteiger partial charge in [-0.1, -0.05) is 29.3 Å². The molecular weight excluding hydrogens is 362 g/mol. The molecule has 0 unspecified atom stereocenters. The van der Waals surface area contributed by atoms with Crippen molar-refractivity contribution in [2.24, 2.45) is 0 Å². The van der Waals surface area contributed by atoms with Crippen LogP contribution in [0.2, 0.25) is 5.02 Å². The third-order valence-electron chi connectivity index (χ3n) is 3.91. The molecule has 0 saturated heterocycles. The van der Waals surface area contributed by atoms with E-state index < -0.39 is 23.4 Å². The molecule has 1 N–H and O–H groups in total. The van der Waals surface area contributed by atoms with Crippen LogP contribution in [0.4, 0.5) is 14.5 Å².